The molecule has 3 rings (SSSR count). The molecule has 0 saturated heterocycles. The summed E-state index contributed by atoms with van der Waals surface area (Å²) in [6.07, 6.45) is 0. The first kappa shape index (κ1) is 13.0. The Kier molecular flexibility index (Phi) is 3.36. The summed E-state index contributed by atoms with van der Waals surface area (Å²) >= 11 is 5.99. The van der Waals surface area contributed by atoms with Crippen LogP contribution in [0.5, 0.6) is 5.75 Å². The van der Waals surface area contributed by atoms with E-state index in [-0.39, 0.29) is 0 Å². The smallest absolute Gasteiger partial charge is 0.133 e. The van der Waals surface area contributed by atoms with E-state index in [0.29, 0.717) is 12.4 Å². The summed E-state index contributed by atoms with van der Waals surface area (Å²) in [5.41, 5.74) is 2.71. The molecule has 1 aromatic carbocycles. The standard InChI is InChI=1S/C14H14ClN3O2/c1-9-5-10(17-20-9)8-18-13-6-11(19-2)3-4-12(13)16-14(18)7-15/h3-6H,7-8H2,1-2H3. The molecule has 2 heterocycles. The second-order valence-electron chi connectivity index (χ2n) is 4.53. The number of nitrogens with zero attached hydrogens (tertiary/aromatic N) is 3. The molecule has 104 valence electrons. The molecule has 0 spiro atoms. The first-order valence-corrected chi connectivity index (χ1v) is 6.76. The van der Waals surface area contributed by atoms with Gasteiger partial charge in [0.25, 0.3) is 0 Å². The van der Waals surface area contributed by atoms with E-state index in [1.807, 2.05) is 35.8 Å². The Balaban J connectivity index is 2.10. The van der Waals surface area contributed by atoms with Gasteiger partial charge in [0, 0.05) is 12.1 Å². The molecule has 0 amide bonds. The van der Waals surface area contributed by atoms with Crippen molar-refractivity contribution in [2.45, 2.75) is 19.3 Å². The normalized spacial score (nSPS) is 11.2. The van der Waals surface area contributed by atoms with Crippen LogP contribution < -0.4 is 4.74 Å². The van der Waals surface area contributed by atoms with E-state index in [9.17, 15) is 0 Å². The van der Waals surface area contributed by atoms with E-state index in [2.05, 4.69) is 10.1 Å². The number of benzene rings is 1. The molecule has 2 aromatic heterocycles. The molecule has 0 radical (unpaired) electrons. The lowest BCUT2D eigenvalue weighted by atomic mass is 10.3. The van der Waals surface area contributed by atoms with Gasteiger partial charge in [0.15, 0.2) is 0 Å². The molecule has 5 nitrogen and oxygen atoms in total. The van der Waals surface area contributed by atoms with Crippen molar-refractivity contribution in [1.29, 1.82) is 0 Å². The molecule has 0 atom stereocenters. The molecule has 0 saturated carbocycles. The van der Waals surface area contributed by atoms with Crippen LogP contribution in [0.4, 0.5) is 0 Å². The molecule has 0 aliphatic heterocycles. The van der Waals surface area contributed by atoms with Crippen LogP contribution in [0.15, 0.2) is 28.8 Å². The van der Waals surface area contributed by atoms with E-state index >= 15 is 0 Å². The van der Waals surface area contributed by atoms with Gasteiger partial charge in [-0.05, 0) is 19.1 Å². The summed E-state index contributed by atoms with van der Waals surface area (Å²) in [6, 6.07) is 7.67. The van der Waals surface area contributed by atoms with Crippen LogP contribution >= 0.6 is 11.6 Å². The maximum Gasteiger partial charge on any atom is 0.133 e. The van der Waals surface area contributed by atoms with Crippen molar-refractivity contribution in [2.24, 2.45) is 0 Å². The zero-order valence-corrected chi connectivity index (χ0v) is 12.0. The van der Waals surface area contributed by atoms with Gasteiger partial charge in [-0.1, -0.05) is 5.16 Å². The van der Waals surface area contributed by atoms with Crippen LogP contribution in [0.3, 0.4) is 0 Å². The Morgan fingerprint density at radius 2 is 2.20 bits per heavy atom. The van der Waals surface area contributed by atoms with Gasteiger partial charge in [-0.15, -0.1) is 11.6 Å². The number of aromatic nitrogens is 3. The number of methoxy groups -OCH3 is 1. The lowest BCUT2D eigenvalue weighted by molar-refractivity contribution is 0.389. The number of alkyl halides is 1. The molecule has 0 unspecified atom stereocenters. The van der Waals surface area contributed by atoms with Crippen LogP contribution in [-0.2, 0) is 12.4 Å². The number of hydrogen-bond acceptors (Lipinski definition) is 4. The summed E-state index contributed by atoms with van der Waals surface area (Å²) in [6.45, 7) is 2.44. The average molecular weight is 292 g/mol. The summed E-state index contributed by atoms with van der Waals surface area (Å²) in [4.78, 5) is 4.53. The topological polar surface area (TPSA) is 53.1 Å². The highest BCUT2D eigenvalue weighted by atomic mass is 35.5. The van der Waals surface area contributed by atoms with Crippen LogP contribution in [0.1, 0.15) is 17.3 Å². The monoisotopic (exact) mass is 291 g/mol. The van der Waals surface area contributed by atoms with Gasteiger partial charge in [-0.3, -0.25) is 0 Å². The highest BCUT2D eigenvalue weighted by Gasteiger charge is 2.13. The third-order valence-corrected chi connectivity index (χ3v) is 3.39. The van der Waals surface area contributed by atoms with E-state index in [0.717, 1.165) is 34.1 Å². The fourth-order valence-corrected chi connectivity index (χ4v) is 2.42. The van der Waals surface area contributed by atoms with Crippen molar-refractivity contribution in [3.8, 4) is 5.75 Å². The average Bonchev–Trinajstić information content (AvgIpc) is 3.03. The van der Waals surface area contributed by atoms with Crippen molar-refractivity contribution in [1.82, 2.24) is 14.7 Å². The molecule has 0 aliphatic carbocycles. The lowest BCUT2D eigenvalue weighted by Crippen LogP contribution is -2.04. The molecule has 0 N–H and O–H groups in total. The minimum Gasteiger partial charge on any atom is -0.497 e. The predicted octanol–water partition coefficient (Wildman–Crippen LogP) is 3.13. The Morgan fingerprint density at radius 3 is 2.85 bits per heavy atom. The third kappa shape index (κ3) is 2.25. The first-order valence-electron chi connectivity index (χ1n) is 6.22. The second kappa shape index (κ2) is 5.17. The van der Waals surface area contributed by atoms with Gasteiger partial charge in [0.1, 0.15) is 23.0 Å². The fraction of sp³-hybridized carbons (Fsp3) is 0.286. The summed E-state index contributed by atoms with van der Waals surface area (Å²) in [5, 5.41) is 4.02. The van der Waals surface area contributed by atoms with Gasteiger partial charge in [0.2, 0.25) is 0 Å². The lowest BCUT2D eigenvalue weighted by Gasteiger charge is -2.06. The number of imidazole rings is 1. The first-order chi connectivity index (χ1) is 9.71. The van der Waals surface area contributed by atoms with Crippen LogP contribution in [0.2, 0.25) is 0 Å². The van der Waals surface area contributed by atoms with Gasteiger partial charge in [-0.2, -0.15) is 0 Å². The largest absolute Gasteiger partial charge is 0.497 e. The number of hydrogen-bond donors (Lipinski definition) is 0. The van der Waals surface area contributed by atoms with Crippen molar-refractivity contribution >= 4 is 22.6 Å². The van der Waals surface area contributed by atoms with Crippen LogP contribution in [-0.4, -0.2) is 21.8 Å². The van der Waals surface area contributed by atoms with E-state index in [1.165, 1.54) is 0 Å². The van der Waals surface area contributed by atoms with Crippen LogP contribution in [0.25, 0.3) is 11.0 Å². The van der Waals surface area contributed by atoms with Gasteiger partial charge in [-0.25, -0.2) is 4.98 Å². The Labute approximate surface area is 121 Å². The molecule has 0 aliphatic rings. The zero-order valence-electron chi connectivity index (χ0n) is 11.3. The third-order valence-electron chi connectivity index (χ3n) is 3.15. The Hall–Kier alpha value is -2.01. The highest BCUT2D eigenvalue weighted by molar-refractivity contribution is 6.16. The van der Waals surface area contributed by atoms with E-state index < -0.39 is 0 Å². The van der Waals surface area contributed by atoms with Gasteiger partial charge < -0.3 is 13.8 Å². The molecule has 3 aromatic rings. The molecular formula is C14H14ClN3O2. The SMILES string of the molecule is COc1ccc2nc(CCl)n(Cc3cc(C)on3)c2c1. The molecule has 0 bridgehead atoms. The van der Waals surface area contributed by atoms with Crippen molar-refractivity contribution in [3.63, 3.8) is 0 Å². The fourth-order valence-electron chi connectivity index (χ4n) is 2.21. The number of rotatable bonds is 4. The van der Waals surface area contributed by atoms with Crippen LogP contribution in [0, 0.1) is 6.92 Å². The zero-order chi connectivity index (χ0) is 14.1. The van der Waals surface area contributed by atoms with Gasteiger partial charge in [0.05, 0.1) is 30.6 Å². The quantitative estimate of drug-likeness (QED) is 0.693. The molecule has 20 heavy (non-hydrogen) atoms. The maximum absolute atomic E-state index is 5.99. The summed E-state index contributed by atoms with van der Waals surface area (Å²) in [5.74, 6) is 2.72. The van der Waals surface area contributed by atoms with Crippen molar-refractivity contribution in [3.05, 3.63) is 41.5 Å². The predicted molar refractivity (Wildman–Crippen MR) is 76.2 cm³/mol. The minimum atomic E-state index is 0.341. The number of halogens is 1. The highest BCUT2D eigenvalue weighted by Crippen LogP contribution is 2.23. The Morgan fingerprint density at radius 1 is 1.35 bits per heavy atom. The second-order valence-corrected chi connectivity index (χ2v) is 4.80. The van der Waals surface area contributed by atoms with Crippen molar-refractivity contribution in [2.75, 3.05) is 7.11 Å². The number of fused-ring (bicyclic) bond motifs is 1. The number of ether oxygens (including phenoxy) is 1. The summed E-state index contributed by atoms with van der Waals surface area (Å²) < 4.78 is 12.4. The Bertz CT molecular complexity index is 748. The minimum absolute atomic E-state index is 0.341. The van der Waals surface area contributed by atoms with E-state index in [1.54, 1.807) is 7.11 Å². The number of aryl methyl sites for hydroxylation is 1. The summed E-state index contributed by atoms with van der Waals surface area (Å²) in [7, 11) is 1.64. The maximum atomic E-state index is 5.99. The molecule has 6 heteroatoms. The van der Waals surface area contributed by atoms with Gasteiger partial charge >= 0.3 is 0 Å². The molecule has 0 fully saturated rings. The van der Waals surface area contributed by atoms with E-state index in [4.69, 9.17) is 20.9 Å². The molecular weight excluding hydrogens is 278 g/mol. The van der Waals surface area contributed by atoms with Crippen molar-refractivity contribution < 1.29 is 9.26 Å².